The number of nitrogens with zero attached hydrogens (tertiary/aromatic N) is 5. The van der Waals surface area contributed by atoms with E-state index in [1.807, 2.05) is 65.1 Å². The smallest absolute Gasteiger partial charge is 0.165 e. The minimum Gasteiger partial charge on any atom is -0.354 e. The van der Waals surface area contributed by atoms with Crippen molar-refractivity contribution in [2.45, 2.75) is 0 Å². The fraction of sp³-hybridized carbons (Fsp3) is 0. The van der Waals surface area contributed by atoms with E-state index in [-0.39, 0.29) is 0 Å². The fourth-order valence-corrected chi connectivity index (χ4v) is 21.3. The lowest BCUT2D eigenvalue weighted by molar-refractivity contribution is 1.09. The predicted octanol–water partition coefficient (Wildman–Crippen LogP) is 31.0. The number of aromatic nitrogens is 6. The summed E-state index contributed by atoms with van der Waals surface area (Å²) in [4.78, 5) is 25.2. The molecule has 9 heteroatoms. The molecular formula is C108H63ClN6S2. The quantitative estimate of drug-likeness (QED) is 0.174. The van der Waals surface area contributed by atoms with Crippen LogP contribution in [0.4, 0.5) is 0 Å². The Morgan fingerprint density at radius 2 is 0.624 bits per heavy atom. The van der Waals surface area contributed by atoms with Crippen molar-refractivity contribution in [3.8, 4) is 50.6 Å². The zero-order valence-corrected chi connectivity index (χ0v) is 65.1. The molecule has 0 unspecified atom stereocenters. The fourth-order valence-electron chi connectivity index (χ4n) is 18.6. The summed E-state index contributed by atoms with van der Waals surface area (Å²) < 4.78 is 7.77. The van der Waals surface area contributed by atoms with Crippen molar-refractivity contribution in [1.29, 1.82) is 0 Å². The Kier molecular flexibility index (Phi) is 15.4. The van der Waals surface area contributed by atoms with E-state index in [4.69, 9.17) is 31.5 Å². The first-order valence-electron chi connectivity index (χ1n) is 39.5. The minimum absolute atomic E-state index is 0.415. The Morgan fingerprint density at radius 1 is 0.248 bits per heavy atom. The van der Waals surface area contributed by atoms with Crippen molar-refractivity contribution < 1.29 is 0 Å². The normalized spacial score (nSPS) is 12.0. The molecule has 0 saturated carbocycles. The molecule has 0 radical (unpaired) electrons. The van der Waals surface area contributed by atoms with E-state index in [1.165, 1.54) is 138 Å². The van der Waals surface area contributed by atoms with Crippen LogP contribution in [0.2, 0.25) is 5.15 Å². The molecule has 6 aromatic heterocycles. The van der Waals surface area contributed by atoms with Crippen LogP contribution in [0.5, 0.6) is 0 Å². The van der Waals surface area contributed by atoms with Gasteiger partial charge in [0.05, 0.1) is 38.6 Å². The second kappa shape index (κ2) is 26.8. The van der Waals surface area contributed by atoms with Gasteiger partial charge in [-0.1, -0.05) is 351 Å². The summed E-state index contributed by atoms with van der Waals surface area (Å²) in [7, 11) is 0. The Balaban J connectivity index is 0.000000111. The first kappa shape index (κ1) is 67.0. The number of H-pyrrole nitrogens is 1. The maximum atomic E-state index is 6.71. The third kappa shape index (κ3) is 10.6. The summed E-state index contributed by atoms with van der Waals surface area (Å²) in [5.74, 6) is 0.818. The van der Waals surface area contributed by atoms with Crippen LogP contribution in [0.15, 0.2) is 376 Å². The van der Waals surface area contributed by atoms with Crippen molar-refractivity contribution in [3.05, 3.63) is 381 Å². The molecule has 0 amide bonds. The number of hydrogen-bond acceptors (Lipinski definition) is 6. The van der Waals surface area contributed by atoms with Crippen LogP contribution in [-0.2, 0) is 0 Å². The van der Waals surface area contributed by atoms with Gasteiger partial charge in [0, 0.05) is 111 Å². The lowest BCUT2D eigenvalue weighted by Crippen LogP contribution is -2.05. The van der Waals surface area contributed by atoms with Gasteiger partial charge in [-0.15, -0.1) is 22.7 Å². The molecule has 0 saturated heterocycles. The van der Waals surface area contributed by atoms with Crippen LogP contribution in [0.25, 0.3) is 243 Å². The molecule has 26 aromatic rings. The van der Waals surface area contributed by atoms with E-state index in [1.54, 1.807) is 0 Å². The van der Waals surface area contributed by atoms with Crippen LogP contribution in [0, 0.1) is 0 Å². The first-order chi connectivity index (χ1) is 58.0. The van der Waals surface area contributed by atoms with Crippen molar-refractivity contribution in [2.75, 3.05) is 0 Å². The van der Waals surface area contributed by atoms with Gasteiger partial charge in [-0.05, 0) is 113 Å². The predicted molar refractivity (Wildman–Crippen MR) is 502 cm³/mol. The highest BCUT2D eigenvalue weighted by Crippen LogP contribution is 2.50. The Morgan fingerprint density at radius 3 is 1.15 bits per heavy atom. The van der Waals surface area contributed by atoms with Crippen LogP contribution in [-0.4, -0.2) is 29.5 Å². The molecule has 6 heterocycles. The summed E-state index contributed by atoms with van der Waals surface area (Å²) >= 11 is 10.5. The lowest BCUT2D eigenvalue weighted by Gasteiger charge is -2.17. The van der Waals surface area contributed by atoms with Gasteiger partial charge in [-0.25, -0.2) is 19.9 Å². The number of aromatic amines is 1. The number of benzene rings is 20. The monoisotopic (exact) mass is 1540 g/mol. The van der Waals surface area contributed by atoms with Gasteiger partial charge >= 0.3 is 0 Å². The third-order valence-corrected chi connectivity index (χ3v) is 26.5. The lowest BCUT2D eigenvalue weighted by atomic mass is 9.98. The molecule has 0 fully saturated rings. The molecule has 0 aliphatic carbocycles. The van der Waals surface area contributed by atoms with Crippen LogP contribution in [0.3, 0.4) is 0 Å². The van der Waals surface area contributed by atoms with Gasteiger partial charge < -0.3 is 4.98 Å². The molecule has 117 heavy (non-hydrogen) atoms. The van der Waals surface area contributed by atoms with Gasteiger partial charge in [-0.2, -0.15) is 0 Å². The van der Waals surface area contributed by atoms with E-state index in [2.05, 4.69) is 343 Å². The van der Waals surface area contributed by atoms with E-state index in [9.17, 15) is 0 Å². The van der Waals surface area contributed by atoms with Crippen molar-refractivity contribution in [2.24, 2.45) is 0 Å². The number of rotatable bonds is 5. The maximum Gasteiger partial charge on any atom is 0.165 e. The molecule has 0 aliphatic rings. The largest absolute Gasteiger partial charge is 0.354 e. The molecule has 0 spiro atoms. The van der Waals surface area contributed by atoms with E-state index < -0.39 is 0 Å². The summed E-state index contributed by atoms with van der Waals surface area (Å²) in [5.41, 5.74) is 16.3. The average molecular weight is 1540 g/mol. The van der Waals surface area contributed by atoms with E-state index in [0.29, 0.717) is 10.8 Å². The van der Waals surface area contributed by atoms with E-state index >= 15 is 0 Å². The van der Waals surface area contributed by atoms with Gasteiger partial charge in [0.1, 0.15) is 11.4 Å². The molecule has 6 nitrogen and oxygen atoms in total. The van der Waals surface area contributed by atoms with Crippen LogP contribution in [0.1, 0.15) is 0 Å². The summed E-state index contributed by atoms with van der Waals surface area (Å²) in [6.07, 6.45) is 0. The van der Waals surface area contributed by atoms with Crippen molar-refractivity contribution >= 4 is 226 Å². The van der Waals surface area contributed by atoms with Gasteiger partial charge in [0.15, 0.2) is 11.0 Å². The Bertz CT molecular complexity index is 8550. The number of fused-ring (bicyclic) bond motifs is 34. The molecule has 544 valence electrons. The standard InChI is InChI=1S/C54H31N3S.C28H17ClN2.C26H15NS/c1-2-13-32(14-3-1)35-17-12-18-36(31-35)49-54(56-51-42-24-11-9-22-40(42)39-21-8-10-23-41(39)50(51)55-49)57-45-29-30-46-48(44-28-26-34-16-5-7-20-38(34)53(44)58-46)47(45)43-27-25-33-15-4-6-19-37(33)52(43)57;29-28-25(20-12-8-11-19(17-20)18-9-2-1-3-10-18)30-26-23-15-6-4-13-21(23)22-14-5-7-16-24(22)27(26)31-28;1-3-7-17-15(5-1)9-11-19-23-21(27-25(17)19)13-14-22-24(23)20-12-10-16-6-2-4-8-18(16)26(20)28-22/h1-31H;1-17H;1-14,27H. The second-order valence-corrected chi connectivity index (χ2v) is 32.8. The molecule has 0 bridgehead atoms. The third-order valence-electron chi connectivity index (χ3n) is 23.9. The zero-order chi connectivity index (χ0) is 76.9. The number of halogens is 1. The molecule has 0 aliphatic heterocycles. The van der Waals surface area contributed by atoms with Gasteiger partial charge in [0.25, 0.3) is 0 Å². The van der Waals surface area contributed by atoms with Gasteiger partial charge in [-0.3, -0.25) is 4.57 Å². The highest BCUT2D eigenvalue weighted by Gasteiger charge is 2.27. The Labute approximate surface area is 682 Å². The summed E-state index contributed by atoms with van der Waals surface area (Å²) in [5, 5.41) is 30.0. The maximum absolute atomic E-state index is 6.71. The Hall–Kier alpha value is -14.5. The number of thiophene rings is 2. The molecule has 0 atom stereocenters. The molecule has 26 rings (SSSR count). The van der Waals surface area contributed by atoms with Crippen LogP contribution >= 0.6 is 34.3 Å². The van der Waals surface area contributed by atoms with Crippen molar-refractivity contribution in [1.82, 2.24) is 29.5 Å². The van der Waals surface area contributed by atoms with E-state index in [0.717, 1.165) is 99.4 Å². The summed E-state index contributed by atoms with van der Waals surface area (Å²) in [6.45, 7) is 0. The SMILES string of the molecule is Clc1nc2c3ccccc3c3ccccc3c2nc1-c1cccc(-c2ccccc2)c1.c1ccc(-c2cccc(-c3nc4c5ccccc5c5ccccc5c4nc3-n3c4ccc5sc6c7ccccc7ccc6c5c4c4ccc5ccccc5c43)c2)cc1.c1ccc2c(c1)ccc1c2[nH]c2ccc3sc4c5ccccc5ccc4c3c21. The van der Waals surface area contributed by atoms with Gasteiger partial charge in [0.2, 0.25) is 0 Å². The number of hydrogen-bond donors (Lipinski definition) is 1. The molecular weight excluding hydrogens is 1480 g/mol. The zero-order valence-electron chi connectivity index (χ0n) is 62.7. The topological polar surface area (TPSA) is 72.3 Å². The first-order valence-corrected chi connectivity index (χ1v) is 41.5. The van der Waals surface area contributed by atoms with Crippen molar-refractivity contribution in [3.63, 3.8) is 0 Å². The number of nitrogens with one attached hydrogen (secondary N) is 1. The minimum atomic E-state index is 0.415. The highest BCUT2D eigenvalue weighted by atomic mass is 35.5. The molecule has 1 N–H and O–H groups in total. The highest BCUT2D eigenvalue weighted by molar-refractivity contribution is 7.27. The summed E-state index contributed by atoms with van der Waals surface area (Å²) in [6, 6.07) is 134. The second-order valence-electron chi connectivity index (χ2n) is 30.3. The molecule has 20 aromatic carbocycles. The van der Waals surface area contributed by atoms with Crippen LogP contribution < -0.4 is 0 Å². The average Bonchev–Trinajstić information content (AvgIpc) is 1.55.